The second kappa shape index (κ2) is 6.50. The van der Waals surface area contributed by atoms with E-state index in [0.717, 1.165) is 26.3 Å². The van der Waals surface area contributed by atoms with Gasteiger partial charge >= 0.3 is 0 Å². The van der Waals surface area contributed by atoms with E-state index in [1.165, 1.54) is 12.8 Å². The summed E-state index contributed by atoms with van der Waals surface area (Å²) >= 11 is 0. The molecule has 2 unspecified atom stereocenters. The molecule has 5 heteroatoms. The summed E-state index contributed by atoms with van der Waals surface area (Å²) in [5.74, 6) is 0.737. The van der Waals surface area contributed by atoms with Crippen molar-refractivity contribution in [3.63, 3.8) is 0 Å². The Morgan fingerprint density at radius 1 is 1.44 bits per heavy atom. The second-order valence-electron chi connectivity index (χ2n) is 5.43. The maximum atomic E-state index is 12.0. The van der Waals surface area contributed by atoms with E-state index in [9.17, 15) is 9.90 Å². The number of nitrogens with one attached hydrogen (secondary N) is 1. The minimum absolute atomic E-state index is 0.000480. The van der Waals surface area contributed by atoms with Gasteiger partial charge in [-0.25, -0.2) is 0 Å². The Balaban J connectivity index is 1.74. The van der Waals surface area contributed by atoms with Crippen LogP contribution in [0.2, 0.25) is 0 Å². The minimum atomic E-state index is -0.156. The molecule has 1 aliphatic carbocycles. The number of nitrogens with zero attached hydrogens (tertiary/aromatic N) is 1. The average molecular weight is 256 g/mol. The lowest BCUT2D eigenvalue weighted by molar-refractivity contribution is -0.126. The van der Waals surface area contributed by atoms with Gasteiger partial charge in [-0.2, -0.15) is 0 Å². The summed E-state index contributed by atoms with van der Waals surface area (Å²) in [5.41, 5.74) is 0. The molecule has 2 atom stereocenters. The van der Waals surface area contributed by atoms with Crippen molar-refractivity contribution in [3.8, 4) is 0 Å². The smallest absolute Gasteiger partial charge is 0.223 e. The van der Waals surface area contributed by atoms with Crippen molar-refractivity contribution < 1.29 is 14.6 Å². The highest BCUT2D eigenvalue weighted by molar-refractivity contribution is 5.79. The largest absolute Gasteiger partial charge is 0.394 e. The Bertz CT molecular complexity index is 275. The lowest BCUT2D eigenvalue weighted by atomic mass is 10.1. The zero-order valence-electron chi connectivity index (χ0n) is 11.1. The monoisotopic (exact) mass is 256 g/mol. The molecule has 2 fully saturated rings. The summed E-state index contributed by atoms with van der Waals surface area (Å²) < 4.78 is 5.28. The molecule has 5 nitrogen and oxygen atoms in total. The van der Waals surface area contributed by atoms with Gasteiger partial charge in [-0.05, 0) is 18.8 Å². The van der Waals surface area contributed by atoms with Crippen molar-refractivity contribution in [1.82, 2.24) is 10.2 Å². The van der Waals surface area contributed by atoms with Crippen LogP contribution in [0.15, 0.2) is 0 Å². The molecule has 0 spiro atoms. The molecule has 104 valence electrons. The molecule has 1 saturated heterocycles. The predicted octanol–water partition coefficient (Wildman–Crippen LogP) is -0.158. The van der Waals surface area contributed by atoms with E-state index < -0.39 is 0 Å². The van der Waals surface area contributed by atoms with E-state index in [0.29, 0.717) is 12.5 Å². The van der Waals surface area contributed by atoms with Crippen LogP contribution < -0.4 is 5.32 Å². The van der Waals surface area contributed by atoms with E-state index in [1.54, 1.807) is 0 Å². The molecule has 0 aromatic heterocycles. The fourth-order valence-electron chi connectivity index (χ4n) is 2.39. The van der Waals surface area contributed by atoms with Crippen molar-refractivity contribution in [1.29, 1.82) is 0 Å². The molecule has 2 N–H and O–H groups in total. The molecule has 1 amide bonds. The van der Waals surface area contributed by atoms with Crippen LogP contribution in [0.4, 0.5) is 0 Å². The van der Waals surface area contributed by atoms with Crippen LogP contribution in [-0.4, -0.2) is 61.4 Å². The number of carbonyl (C=O) groups is 1. The molecule has 1 saturated carbocycles. The third-order valence-electron chi connectivity index (χ3n) is 3.89. The molecule has 1 aliphatic heterocycles. The van der Waals surface area contributed by atoms with Gasteiger partial charge in [0.2, 0.25) is 5.91 Å². The lowest BCUT2D eigenvalue weighted by Gasteiger charge is -2.30. The van der Waals surface area contributed by atoms with Crippen molar-refractivity contribution in [2.24, 2.45) is 11.8 Å². The minimum Gasteiger partial charge on any atom is -0.394 e. The number of amides is 1. The Labute approximate surface area is 108 Å². The fourth-order valence-corrected chi connectivity index (χ4v) is 2.39. The molecule has 0 radical (unpaired) electrons. The van der Waals surface area contributed by atoms with Crippen LogP contribution in [0, 0.1) is 11.8 Å². The van der Waals surface area contributed by atoms with Crippen LogP contribution in [0.1, 0.15) is 19.8 Å². The van der Waals surface area contributed by atoms with E-state index in [-0.39, 0.29) is 24.5 Å². The number of hydrogen-bond acceptors (Lipinski definition) is 4. The molecule has 0 bridgehead atoms. The fraction of sp³-hybridized carbons (Fsp3) is 0.923. The Hall–Kier alpha value is -0.650. The van der Waals surface area contributed by atoms with Crippen molar-refractivity contribution in [2.75, 3.05) is 39.5 Å². The van der Waals surface area contributed by atoms with Gasteiger partial charge in [0.05, 0.1) is 25.9 Å². The quantitative estimate of drug-likeness (QED) is 0.693. The van der Waals surface area contributed by atoms with Crippen LogP contribution >= 0.6 is 0 Å². The molecule has 18 heavy (non-hydrogen) atoms. The van der Waals surface area contributed by atoms with Gasteiger partial charge in [0.1, 0.15) is 0 Å². The SMILES string of the molecule is CC(C(=O)NC(CO)CN1CCOCC1)C1CC1. The summed E-state index contributed by atoms with van der Waals surface area (Å²) in [6.07, 6.45) is 2.34. The summed E-state index contributed by atoms with van der Waals surface area (Å²) in [6.45, 7) is 5.93. The number of rotatable bonds is 6. The predicted molar refractivity (Wildman–Crippen MR) is 68.2 cm³/mol. The normalized spacial score (nSPS) is 24.6. The Kier molecular flexibility index (Phi) is 4.97. The van der Waals surface area contributed by atoms with Crippen molar-refractivity contribution in [2.45, 2.75) is 25.8 Å². The Morgan fingerprint density at radius 3 is 2.67 bits per heavy atom. The average Bonchev–Trinajstić information content (AvgIpc) is 3.22. The van der Waals surface area contributed by atoms with Gasteiger partial charge in [-0.1, -0.05) is 6.92 Å². The van der Waals surface area contributed by atoms with Gasteiger partial charge in [0.25, 0.3) is 0 Å². The summed E-state index contributed by atoms with van der Waals surface area (Å²) in [7, 11) is 0. The number of morpholine rings is 1. The maximum Gasteiger partial charge on any atom is 0.223 e. The first-order valence-electron chi connectivity index (χ1n) is 6.92. The van der Waals surface area contributed by atoms with E-state index in [4.69, 9.17) is 4.74 Å². The Morgan fingerprint density at radius 2 is 2.11 bits per heavy atom. The third kappa shape index (κ3) is 3.93. The number of ether oxygens (including phenoxy) is 1. The number of aliphatic hydroxyl groups is 1. The highest BCUT2D eigenvalue weighted by Crippen LogP contribution is 2.36. The summed E-state index contributed by atoms with van der Waals surface area (Å²) in [5, 5.41) is 12.3. The van der Waals surface area contributed by atoms with Crippen molar-refractivity contribution in [3.05, 3.63) is 0 Å². The highest BCUT2D eigenvalue weighted by atomic mass is 16.5. The zero-order valence-corrected chi connectivity index (χ0v) is 11.1. The molecule has 0 aromatic rings. The molecule has 2 rings (SSSR count). The van der Waals surface area contributed by atoms with Gasteiger partial charge < -0.3 is 15.2 Å². The number of hydrogen-bond donors (Lipinski definition) is 2. The van der Waals surface area contributed by atoms with Crippen LogP contribution in [0.5, 0.6) is 0 Å². The third-order valence-corrected chi connectivity index (χ3v) is 3.89. The molecule has 2 aliphatic rings. The second-order valence-corrected chi connectivity index (χ2v) is 5.43. The van der Waals surface area contributed by atoms with E-state index in [2.05, 4.69) is 10.2 Å². The molecular weight excluding hydrogens is 232 g/mol. The molecule has 1 heterocycles. The zero-order chi connectivity index (χ0) is 13.0. The standard InChI is InChI=1S/C13H24N2O3/c1-10(11-2-3-11)13(17)14-12(9-16)8-15-4-6-18-7-5-15/h10-12,16H,2-9H2,1H3,(H,14,17). The summed E-state index contributed by atoms with van der Waals surface area (Å²) in [4.78, 5) is 14.2. The van der Waals surface area contributed by atoms with Gasteiger partial charge in [-0.15, -0.1) is 0 Å². The number of carbonyl (C=O) groups excluding carboxylic acids is 1. The first-order valence-corrected chi connectivity index (χ1v) is 6.92. The van der Waals surface area contributed by atoms with Crippen molar-refractivity contribution >= 4 is 5.91 Å². The topological polar surface area (TPSA) is 61.8 Å². The van der Waals surface area contributed by atoms with Crippen LogP contribution in [0.25, 0.3) is 0 Å². The van der Waals surface area contributed by atoms with Crippen LogP contribution in [-0.2, 0) is 9.53 Å². The van der Waals surface area contributed by atoms with Gasteiger partial charge in [-0.3, -0.25) is 9.69 Å². The van der Waals surface area contributed by atoms with Gasteiger partial charge in [0, 0.05) is 25.6 Å². The lowest BCUT2D eigenvalue weighted by Crippen LogP contribution is -2.50. The first-order chi connectivity index (χ1) is 8.70. The maximum absolute atomic E-state index is 12.0. The van der Waals surface area contributed by atoms with Gasteiger partial charge in [0.15, 0.2) is 0 Å². The van der Waals surface area contributed by atoms with E-state index >= 15 is 0 Å². The number of aliphatic hydroxyl groups excluding tert-OH is 1. The first kappa shape index (κ1) is 13.8. The van der Waals surface area contributed by atoms with Crippen LogP contribution in [0.3, 0.4) is 0 Å². The summed E-state index contributed by atoms with van der Waals surface area (Å²) in [6, 6.07) is -0.156. The highest BCUT2D eigenvalue weighted by Gasteiger charge is 2.33. The molecular formula is C13H24N2O3. The van der Waals surface area contributed by atoms with E-state index in [1.807, 2.05) is 6.92 Å². The molecule has 0 aromatic carbocycles.